The van der Waals surface area contributed by atoms with Gasteiger partial charge in [0.1, 0.15) is 0 Å². The lowest BCUT2D eigenvalue weighted by atomic mass is 9.71. The summed E-state index contributed by atoms with van der Waals surface area (Å²) in [5.41, 5.74) is 0.334. The Morgan fingerprint density at radius 3 is 2.40 bits per heavy atom. The molecule has 6 nitrogen and oxygen atoms in total. The number of urea groups is 1. The maximum atomic E-state index is 13.3. The second-order valence-corrected chi connectivity index (χ2v) is 12.0. The van der Waals surface area contributed by atoms with Gasteiger partial charge < -0.3 is 10.0 Å². The summed E-state index contributed by atoms with van der Waals surface area (Å²) in [6, 6.07) is 0.638. The number of carboxylic acids is 1. The van der Waals surface area contributed by atoms with Gasteiger partial charge in [0.05, 0.1) is 16.8 Å². The first-order valence-electron chi connectivity index (χ1n) is 11.1. The van der Waals surface area contributed by atoms with Gasteiger partial charge in [-0.15, -0.1) is 11.8 Å². The number of rotatable bonds is 7. The number of amides is 2. The lowest BCUT2D eigenvalue weighted by Crippen LogP contribution is -2.50. The number of hydrogen-bond acceptors (Lipinski definition) is 5. The molecule has 30 heavy (non-hydrogen) atoms. The molecule has 0 aliphatic heterocycles. The molecule has 1 aromatic heterocycles. The lowest BCUT2D eigenvalue weighted by Gasteiger charge is -2.43. The van der Waals surface area contributed by atoms with E-state index in [9.17, 15) is 9.59 Å². The number of carboxylic acid groups (broad SMARTS) is 1. The van der Waals surface area contributed by atoms with Gasteiger partial charge in [0, 0.05) is 17.8 Å². The van der Waals surface area contributed by atoms with Crippen LogP contribution in [0.4, 0.5) is 9.93 Å². The molecule has 0 bridgehead atoms. The van der Waals surface area contributed by atoms with Gasteiger partial charge in [-0.3, -0.25) is 10.1 Å². The number of nitrogens with one attached hydrogen (secondary N) is 1. The minimum atomic E-state index is -0.797. The summed E-state index contributed by atoms with van der Waals surface area (Å²) in [7, 11) is 0. The molecule has 0 radical (unpaired) electrons. The number of hydrogen-bond donors (Lipinski definition) is 2. The zero-order chi connectivity index (χ0) is 21.7. The fourth-order valence-electron chi connectivity index (χ4n) is 4.81. The summed E-state index contributed by atoms with van der Waals surface area (Å²) in [6.45, 7) is 6.98. The predicted octanol–water partition coefficient (Wildman–Crippen LogP) is 6.09. The van der Waals surface area contributed by atoms with E-state index in [1.54, 1.807) is 6.20 Å². The van der Waals surface area contributed by atoms with Gasteiger partial charge in [-0.05, 0) is 49.9 Å². The first kappa shape index (κ1) is 23.4. The fraction of sp³-hybridized carbons (Fsp3) is 0.773. The van der Waals surface area contributed by atoms with Crippen molar-refractivity contribution >= 4 is 40.2 Å². The molecule has 2 amide bonds. The van der Waals surface area contributed by atoms with E-state index < -0.39 is 5.97 Å². The minimum Gasteiger partial charge on any atom is -0.481 e. The Hall–Kier alpha value is -1.28. The first-order valence-corrected chi connectivity index (χ1v) is 12.9. The Labute approximate surface area is 188 Å². The highest BCUT2D eigenvalue weighted by molar-refractivity contribution is 8.01. The molecule has 0 spiro atoms. The number of nitrogens with zero attached hydrogens (tertiary/aromatic N) is 2. The van der Waals surface area contributed by atoms with Crippen LogP contribution < -0.4 is 5.32 Å². The van der Waals surface area contributed by atoms with Crippen molar-refractivity contribution in [2.24, 2.45) is 11.3 Å². The molecule has 0 atom stereocenters. The Kier molecular flexibility index (Phi) is 8.07. The normalized spacial score (nSPS) is 22.8. The zero-order valence-corrected chi connectivity index (χ0v) is 20.0. The third-order valence-electron chi connectivity index (χ3n) is 6.53. The molecule has 2 saturated carbocycles. The standard InChI is InChI=1S/C22H35N3O3S2/c1-22(2,3)15-8-10-17(11-9-15)25(16-6-4-5-7-16)21(28)24-20-23-14-19(30-20)29-13-12-18(26)27/h14-17H,4-13H2,1-3H3,(H,26,27)(H,23,24,28). The Morgan fingerprint density at radius 1 is 1.17 bits per heavy atom. The average molecular weight is 454 g/mol. The molecule has 0 saturated heterocycles. The highest BCUT2D eigenvalue weighted by atomic mass is 32.2. The molecule has 1 aromatic rings. The molecule has 2 aliphatic rings. The van der Waals surface area contributed by atoms with Gasteiger partial charge in [0.25, 0.3) is 0 Å². The van der Waals surface area contributed by atoms with Crippen molar-refractivity contribution in [2.45, 2.75) is 94.9 Å². The number of aliphatic carboxylic acids is 1. The number of aromatic nitrogens is 1. The molecule has 0 unspecified atom stereocenters. The van der Waals surface area contributed by atoms with Crippen molar-refractivity contribution in [1.29, 1.82) is 0 Å². The van der Waals surface area contributed by atoms with E-state index >= 15 is 0 Å². The summed E-state index contributed by atoms with van der Waals surface area (Å²) in [4.78, 5) is 30.5. The fourth-order valence-corrected chi connectivity index (χ4v) is 6.68. The van der Waals surface area contributed by atoms with Crippen LogP contribution in [0.5, 0.6) is 0 Å². The molecule has 0 aromatic carbocycles. The maximum absolute atomic E-state index is 13.3. The third kappa shape index (κ3) is 6.36. The summed E-state index contributed by atoms with van der Waals surface area (Å²) in [6.07, 6.45) is 11.0. The van der Waals surface area contributed by atoms with Gasteiger partial charge in [-0.25, -0.2) is 9.78 Å². The van der Waals surface area contributed by atoms with Crippen LogP contribution >= 0.6 is 23.1 Å². The summed E-state index contributed by atoms with van der Waals surface area (Å²) < 4.78 is 0.935. The number of thioether (sulfide) groups is 1. The first-order chi connectivity index (χ1) is 14.2. The molecule has 2 fully saturated rings. The van der Waals surface area contributed by atoms with E-state index in [-0.39, 0.29) is 12.5 Å². The lowest BCUT2D eigenvalue weighted by molar-refractivity contribution is -0.136. The highest BCUT2D eigenvalue weighted by Gasteiger charge is 2.37. The molecular formula is C22H35N3O3S2. The zero-order valence-electron chi connectivity index (χ0n) is 18.4. The minimum absolute atomic E-state index is 0.0162. The van der Waals surface area contributed by atoms with Gasteiger partial charge in [0.2, 0.25) is 0 Å². The predicted molar refractivity (Wildman–Crippen MR) is 123 cm³/mol. The van der Waals surface area contributed by atoms with Crippen LogP contribution in [0, 0.1) is 11.3 Å². The Balaban J connectivity index is 1.61. The van der Waals surface area contributed by atoms with Gasteiger partial charge in [-0.2, -0.15) is 0 Å². The van der Waals surface area contributed by atoms with Gasteiger partial charge in [0.15, 0.2) is 5.13 Å². The van der Waals surface area contributed by atoms with Crippen LogP contribution in [-0.2, 0) is 4.79 Å². The van der Waals surface area contributed by atoms with E-state index in [1.165, 1.54) is 48.8 Å². The molecule has 2 aliphatic carbocycles. The smallest absolute Gasteiger partial charge is 0.324 e. The van der Waals surface area contributed by atoms with Crippen molar-refractivity contribution < 1.29 is 14.7 Å². The average Bonchev–Trinajstić information content (AvgIpc) is 3.34. The monoisotopic (exact) mass is 453 g/mol. The quantitative estimate of drug-likeness (QED) is 0.488. The van der Waals surface area contributed by atoms with Crippen LogP contribution in [0.15, 0.2) is 10.4 Å². The molecule has 2 N–H and O–H groups in total. The van der Waals surface area contributed by atoms with Crippen molar-refractivity contribution in [2.75, 3.05) is 11.1 Å². The molecule has 3 rings (SSSR count). The van der Waals surface area contributed by atoms with Crippen LogP contribution in [0.25, 0.3) is 0 Å². The second kappa shape index (κ2) is 10.4. The van der Waals surface area contributed by atoms with Crippen molar-refractivity contribution in [1.82, 2.24) is 9.88 Å². The van der Waals surface area contributed by atoms with E-state index in [0.717, 1.165) is 35.8 Å². The molecule has 168 valence electrons. The topological polar surface area (TPSA) is 82.5 Å². The van der Waals surface area contributed by atoms with Crippen molar-refractivity contribution in [3.63, 3.8) is 0 Å². The largest absolute Gasteiger partial charge is 0.481 e. The molecule has 8 heteroatoms. The van der Waals surface area contributed by atoms with E-state index in [0.29, 0.717) is 28.4 Å². The Bertz CT molecular complexity index is 717. The third-order valence-corrected chi connectivity index (χ3v) is 8.64. The van der Waals surface area contributed by atoms with E-state index in [2.05, 4.69) is 36.0 Å². The number of carbonyl (C=O) groups is 2. The van der Waals surface area contributed by atoms with Crippen molar-refractivity contribution in [3.05, 3.63) is 6.20 Å². The van der Waals surface area contributed by atoms with Crippen LogP contribution in [0.2, 0.25) is 0 Å². The van der Waals surface area contributed by atoms with Crippen LogP contribution in [0.3, 0.4) is 0 Å². The SMILES string of the molecule is CC(C)(C)C1CCC(N(C(=O)Nc2ncc(SCCC(=O)O)s2)C2CCCC2)CC1. The van der Waals surface area contributed by atoms with Crippen LogP contribution in [-0.4, -0.2) is 44.8 Å². The molecule has 1 heterocycles. The summed E-state index contributed by atoms with van der Waals surface area (Å²) in [5, 5.41) is 12.4. The van der Waals surface area contributed by atoms with E-state index in [4.69, 9.17) is 5.11 Å². The van der Waals surface area contributed by atoms with Gasteiger partial charge in [-0.1, -0.05) is 44.9 Å². The van der Waals surface area contributed by atoms with E-state index in [1.807, 2.05) is 0 Å². The second-order valence-electron chi connectivity index (χ2n) is 9.62. The number of carbonyl (C=O) groups excluding carboxylic acids is 1. The highest BCUT2D eigenvalue weighted by Crippen LogP contribution is 2.40. The Morgan fingerprint density at radius 2 is 1.80 bits per heavy atom. The maximum Gasteiger partial charge on any atom is 0.324 e. The summed E-state index contributed by atoms with van der Waals surface area (Å²) in [5.74, 6) is 0.441. The van der Waals surface area contributed by atoms with Crippen LogP contribution in [0.1, 0.15) is 78.6 Å². The van der Waals surface area contributed by atoms with Gasteiger partial charge >= 0.3 is 12.0 Å². The molecular weight excluding hydrogens is 418 g/mol. The van der Waals surface area contributed by atoms with Crippen molar-refractivity contribution in [3.8, 4) is 0 Å². The number of thiazole rings is 1. The number of anilines is 1. The summed E-state index contributed by atoms with van der Waals surface area (Å²) >= 11 is 2.89.